The summed E-state index contributed by atoms with van der Waals surface area (Å²) in [6.45, 7) is 7.13. The van der Waals surface area contributed by atoms with Crippen LogP contribution < -0.4 is 4.74 Å². The summed E-state index contributed by atoms with van der Waals surface area (Å²) in [5.74, 6) is -0.910. The predicted octanol–water partition coefficient (Wildman–Crippen LogP) is 2.52. The third-order valence-electron chi connectivity index (χ3n) is 4.95. The van der Waals surface area contributed by atoms with E-state index < -0.39 is 11.6 Å². The van der Waals surface area contributed by atoms with Crippen LogP contribution >= 0.6 is 0 Å². The number of benzene rings is 1. The summed E-state index contributed by atoms with van der Waals surface area (Å²) in [4.78, 5) is 4.73. The normalized spacial score (nSPS) is 23.4. The van der Waals surface area contributed by atoms with Crippen molar-refractivity contribution in [2.45, 2.75) is 19.4 Å². The highest BCUT2D eigenvalue weighted by molar-refractivity contribution is 5.32. The minimum absolute atomic E-state index is 0.283. The van der Waals surface area contributed by atoms with Gasteiger partial charge in [-0.15, -0.1) is 0 Å². The second-order valence-electron chi connectivity index (χ2n) is 6.71. The Morgan fingerprint density at radius 2 is 1.96 bits per heavy atom. The van der Waals surface area contributed by atoms with Crippen molar-refractivity contribution in [1.29, 1.82) is 0 Å². The highest BCUT2D eigenvalue weighted by Crippen LogP contribution is 2.27. The molecule has 2 fully saturated rings. The molecule has 134 valence electrons. The van der Waals surface area contributed by atoms with Gasteiger partial charge in [-0.05, 0) is 31.4 Å². The molecule has 3 rings (SSSR count). The van der Waals surface area contributed by atoms with E-state index in [-0.39, 0.29) is 5.75 Å². The van der Waals surface area contributed by atoms with Crippen LogP contribution in [0.3, 0.4) is 0 Å². The first kappa shape index (κ1) is 17.6. The maximum absolute atomic E-state index is 14.3. The highest BCUT2D eigenvalue weighted by Gasteiger charge is 2.24. The van der Waals surface area contributed by atoms with Gasteiger partial charge in [-0.25, -0.2) is 8.78 Å². The maximum atomic E-state index is 14.3. The Bertz CT molecular complexity index is 550. The molecule has 24 heavy (non-hydrogen) atoms. The van der Waals surface area contributed by atoms with Crippen molar-refractivity contribution in [3.63, 3.8) is 0 Å². The number of hydrogen-bond donors (Lipinski definition) is 0. The van der Waals surface area contributed by atoms with E-state index in [0.717, 1.165) is 52.4 Å². The SMILES string of the molecule is COc1c(F)ccc(CN2CCCC(CN3CCOCC3)C2)c1F. The third-order valence-corrected chi connectivity index (χ3v) is 4.95. The van der Waals surface area contributed by atoms with Crippen molar-refractivity contribution in [1.82, 2.24) is 9.80 Å². The molecule has 2 saturated heterocycles. The van der Waals surface area contributed by atoms with Crippen molar-refractivity contribution < 1.29 is 18.3 Å². The fourth-order valence-electron chi connectivity index (χ4n) is 3.72. The fourth-order valence-corrected chi connectivity index (χ4v) is 3.72. The molecule has 1 aromatic carbocycles. The number of methoxy groups -OCH3 is 1. The first-order chi connectivity index (χ1) is 11.7. The number of hydrogen-bond acceptors (Lipinski definition) is 4. The molecule has 1 atom stereocenters. The number of likely N-dealkylation sites (tertiary alicyclic amines) is 1. The summed E-state index contributed by atoms with van der Waals surface area (Å²) < 4.78 is 38.1. The summed E-state index contributed by atoms with van der Waals surface area (Å²) >= 11 is 0. The van der Waals surface area contributed by atoms with Gasteiger partial charge in [-0.3, -0.25) is 9.80 Å². The van der Waals surface area contributed by atoms with E-state index in [1.807, 2.05) is 0 Å². The molecule has 1 aromatic rings. The number of morpholine rings is 1. The molecule has 0 aliphatic carbocycles. The summed E-state index contributed by atoms with van der Waals surface area (Å²) in [6.07, 6.45) is 2.33. The smallest absolute Gasteiger partial charge is 0.190 e. The Hall–Kier alpha value is -1.24. The van der Waals surface area contributed by atoms with Crippen LogP contribution in [0.2, 0.25) is 0 Å². The average molecular weight is 340 g/mol. The molecule has 0 aromatic heterocycles. The number of ether oxygens (including phenoxy) is 2. The predicted molar refractivity (Wildman–Crippen MR) is 88.2 cm³/mol. The van der Waals surface area contributed by atoms with Crippen LogP contribution in [0.5, 0.6) is 5.75 Å². The second kappa shape index (κ2) is 8.23. The first-order valence-electron chi connectivity index (χ1n) is 8.70. The van der Waals surface area contributed by atoms with Crippen molar-refractivity contribution >= 4 is 0 Å². The zero-order valence-corrected chi connectivity index (χ0v) is 14.3. The lowest BCUT2D eigenvalue weighted by Gasteiger charge is -2.36. The van der Waals surface area contributed by atoms with E-state index in [0.29, 0.717) is 18.0 Å². The van der Waals surface area contributed by atoms with Gasteiger partial charge in [-0.2, -0.15) is 0 Å². The average Bonchev–Trinajstić information content (AvgIpc) is 2.59. The summed E-state index contributed by atoms with van der Waals surface area (Å²) in [6, 6.07) is 2.81. The Balaban J connectivity index is 1.59. The number of nitrogens with zero attached hydrogens (tertiary/aromatic N) is 2. The van der Waals surface area contributed by atoms with E-state index in [2.05, 4.69) is 9.80 Å². The van der Waals surface area contributed by atoms with E-state index >= 15 is 0 Å². The molecule has 6 heteroatoms. The number of piperidine rings is 1. The second-order valence-corrected chi connectivity index (χ2v) is 6.71. The van der Waals surface area contributed by atoms with Gasteiger partial charge in [0, 0.05) is 38.3 Å². The molecule has 0 bridgehead atoms. The third kappa shape index (κ3) is 4.23. The molecule has 2 aliphatic rings. The standard InChI is InChI=1S/C18H26F2N2O2/c1-23-18-16(19)5-4-15(17(18)20)13-22-6-2-3-14(12-22)11-21-7-9-24-10-8-21/h4-5,14H,2-3,6-13H2,1H3. The summed E-state index contributed by atoms with van der Waals surface area (Å²) in [7, 11) is 1.30. The molecule has 4 nitrogen and oxygen atoms in total. The van der Waals surface area contributed by atoms with Crippen LogP contribution in [0.4, 0.5) is 8.78 Å². The lowest BCUT2D eigenvalue weighted by Crippen LogP contribution is -2.44. The highest BCUT2D eigenvalue weighted by atomic mass is 19.1. The lowest BCUT2D eigenvalue weighted by atomic mass is 9.96. The Morgan fingerprint density at radius 3 is 2.71 bits per heavy atom. The Kier molecular flexibility index (Phi) is 6.03. The van der Waals surface area contributed by atoms with E-state index in [1.54, 1.807) is 0 Å². The maximum Gasteiger partial charge on any atom is 0.190 e. The Labute approximate surface area is 142 Å². The lowest BCUT2D eigenvalue weighted by molar-refractivity contribution is 0.0223. The minimum atomic E-state index is -0.650. The van der Waals surface area contributed by atoms with Gasteiger partial charge in [0.05, 0.1) is 20.3 Å². The van der Waals surface area contributed by atoms with Crippen LogP contribution in [0, 0.1) is 17.6 Å². The van der Waals surface area contributed by atoms with Crippen molar-refractivity contribution in [2.75, 3.05) is 53.0 Å². The van der Waals surface area contributed by atoms with E-state index in [9.17, 15) is 8.78 Å². The zero-order chi connectivity index (χ0) is 16.9. The van der Waals surface area contributed by atoms with Gasteiger partial charge < -0.3 is 9.47 Å². The zero-order valence-electron chi connectivity index (χ0n) is 14.3. The van der Waals surface area contributed by atoms with Crippen LogP contribution in [0.15, 0.2) is 12.1 Å². The number of rotatable bonds is 5. The van der Waals surface area contributed by atoms with Crippen LogP contribution in [-0.4, -0.2) is 62.8 Å². The molecule has 1 unspecified atom stereocenters. The number of halogens is 2. The molecule has 0 radical (unpaired) electrons. The molecular weight excluding hydrogens is 314 g/mol. The van der Waals surface area contributed by atoms with Gasteiger partial charge in [0.2, 0.25) is 0 Å². The molecule has 2 heterocycles. The molecule has 0 spiro atoms. The molecule has 0 amide bonds. The van der Waals surface area contributed by atoms with Gasteiger partial charge in [0.15, 0.2) is 17.4 Å². The van der Waals surface area contributed by atoms with E-state index in [4.69, 9.17) is 9.47 Å². The van der Waals surface area contributed by atoms with Crippen LogP contribution in [-0.2, 0) is 11.3 Å². The van der Waals surface area contributed by atoms with Crippen molar-refractivity contribution in [3.05, 3.63) is 29.3 Å². The van der Waals surface area contributed by atoms with Crippen molar-refractivity contribution in [2.24, 2.45) is 5.92 Å². The van der Waals surface area contributed by atoms with Gasteiger partial charge >= 0.3 is 0 Å². The quantitative estimate of drug-likeness (QED) is 0.822. The monoisotopic (exact) mass is 340 g/mol. The molecule has 2 aliphatic heterocycles. The van der Waals surface area contributed by atoms with E-state index in [1.165, 1.54) is 25.7 Å². The van der Waals surface area contributed by atoms with Crippen LogP contribution in [0.25, 0.3) is 0 Å². The van der Waals surface area contributed by atoms with Gasteiger partial charge in [0.25, 0.3) is 0 Å². The van der Waals surface area contributed by atoms with Crippen LogP contribution in [0.1, 0.15) is 18.4 Å². The van der Waals surface area contributed by atoms with Crippen molar-refractivity contribution in [3.8, 4) is 5.75 Å². The molecular formula is C18H26F2N2O2. The minimum Gasteiger partial charge on any atom is -0.491 e. The Morgan fingerprint density at radius 1 is 1.17 bits per heavy atom. The summed E-state index contributed by atoms with van der Waals surface area (Å²) in [5, 5.41) is 0. The topological polar surface area (TPSA) is 24.9 Å². The first-order valence-corrected chi connectivity index (χ1v) is 8.70. The fraction of sp³-hybridized carbons (Fsp3) is 0.667. The van der Waals surface area contributed by atoms with Gasteiger partial charge in [0.1, 0.15) is 0 Å². The largest absolute Gasteiger partial charge is 0.491 e. The molecule has 0 N–H and O–H groups in total. The summed E-state index contributed by atoms with van der Waals surface area (Å²) in [5.41, 5.74) is 0.500. The van der Waals surface area contributed by atoms with Gasteiger partial charge in [-0.1, -0.05) is 6.07 Å². The molecule has 0 saturated carbocycles.